The van der Waals surface area contributed by atoms with Gasteiger partial charge in [-0.25, -0.2) is 0 Å². The Morgan fingerprint density at radius 3 is 2.58 bits per heavy atom. The minimum absolute atomic E-state index is 0.0784. The van der Waals surface area contributed by atoms with Crippen molar-refractivity contribution in [2.45, 2.75) is 52.4 Å². The second-order valence-corrected chi connectivity index (χ2v) is 5.11. The maximum absolute atomic E-state index is 11.8. The highest BCUT2D eigenvalue weighted by atomic mass is 16.5. The van der Waals surface area contributed by atoms with Crippen LogP contribution in [0.1, 0.15) is 61.4 Å². The van der Waals surface area contributed by atoms with Crippen LogP contribution in [0.4, 0.5) is 0 Å². The lowest BCUT2D eigenvalue weighted by molar-refractivity contribution is 0.0752. The first kappa shape index (κ1) is 15.9. The van der Waals surface area contributed by atoms with Gasteiger partial charge in [0.1, 0.15) is 6.61 Å². The molecule has 2 nitrogen and oxygen atoms in total. The summed E-state index contributed by atoms with van der Waals surface area (Å²) in [5.41, 5.74) is 1.87. The summed E-state index contributed by atoms with van der Waals surface area (Å²) in [5, 5.41) is 0. The van der Waals surface area contributed by atoms with Gasteiger partial charge < -0.3 is 4.74 Å². The van der Waals surface area contributed by atoms with Crippen molar-refractivity contribution in [3.63, 3.8) is 0 Å². The van der Waals surface area contributed by atoms with E-state index in [0.717, 1.165) is 17.5 Å². The highest BCUT2D eigenvalue weighted by molar-refractivity contribution is 5.97. The molecule has 0 heterocycles. The van der Waals surface area contributed by atoms with E-state index in [2.05, 4.69) is 6.92 Å². The number of Topliss-reactive ketones (excluding diaryl/α,β-unsaturated/α-hetero) is 1. The van der Waals surface area contributed by atoms with Crippen LogP contribution in [0.3, 0.4) is 0 Å². The lowest BCUT2D eigenvalue weighted by Crippen LogP contribution is -2.10. The number of benzene rings is 1. The largest absolute Gasteiger partial charge is 0.373 e. The average molecular weight is 262 g/mol. The summed E-state index contributed by atoms with van der Waals surface area (Å²) in [6, 6.07) is 7.67. The molecule has 1 aromatic carbocycles. The van der Waals surface area contributed by atoms with E-state index in [4.69, 9.17) is 4.74 Å². The first-order chi connectivity index (χ1) is 9.24. The van der Waals surface area contributed by atoms with E-state index in [-0.39, 0.29) is 12.4 Å². The average Bonchev–Trinajstić information content (AvgIpc) is 2.41. The third kappa shape index (κ3) is 7.12. The number of hydrogen-bond donors (Lipinski definition) is 0. The molecule has 0 amide bonds. The highest BCUT2D eigenvalue weighted by Crippen LogP contribution is 2.07. The van der Waals surface area contributed by atoms with Gasteiger partial charge in [0.25, 0.3) is 0 Å². The Labute approximate surface area is 117 Å². The van der Waals surface area contributed by atoms with Crippen LogP contribution in [0, 0.1) is 6.92 Å². The number of unbranched alkanes of at least 4 members (excludes halogenated alkanes) is 5. The zero-order valence-corrected chi connectivity index (χ0v) is 12.3. The topological polar surface area (TPSA) is 26.3 Å². The Hall–Kier alpha value is -1.15. The van der Waals surface area contributed by atoms with Crippen LogP contribution in [-0.2, 0) is 4.74 Å². The maximum atomic E-state index is 11.8. The molecule has 0 N–H and O–H groups in total. The lowest BCUT2D eigenvalue weighted by Gasteiger charge is -2.04. The summed E-state index contributed by atoms with van der Waals surface area (Å²) in [6.45, 7) is 5.12. The van der Waals surface area contributed by atoms with Crippen molar-refractivity contribution in [3.8, 4) is 0 Å². The molecule has 0 saturated heterocycles. The molecule has 2 heteroatoms. The van der Waals surface area contributed by atoms with Gasteiger partial charge in [0.05, 0.1) is 0 Å². The number of hydrogen-bond acceptors (Lipinski definition) is 2. The first-order valence-corrected chi connectivity index (χ1v) is 7.41. The number of ketones is 1. The molecule has 0 aromatic heterocycles. The zero-order valence-electron chi connectivity index (χ0n) is 12.3. The Morgan fingerprint density at radius 2 is 1.84 bits per heavy atom. The van der Waals surface area contributed by atoms with Gasteiger partial charge >= 0.3 is 0 Å². The van der Waals surface area contributed by atoms with E-state index in [9.17, 15) is 4.79 Å². The van der Waals surface area contributed by atoms with Crippen LogP contribution in [0.15, 0.2) is 24.3 Å². The van der Waals surface area contributed by atoms with E-state index in [1.807, 2.05) is 31.2 Å². The second kappa shape index (κ2) is 9.74. The molecule has 0 radical (unpaired) electrons. The van der Waals surface area contributed by atoms with Gasteiger partial charge in [0, 0.05) is 12.2 Å². The van der Waals surface area contributed by atoms with Gasteiger partial charge in [-0.2, -0.15) is 0 Å². The molecule has 1 rings (SSSR count). The van der Waals surface area contributed by atoms with E-state index >= 15 is 0 Å². The zero-order chi connectivity index (χ0) is 13.9. The molecule has 0 aliphatic rings. The predicted octanol–water partition coefficient (Wildman–Crippen LogP) is 4.55. The van der Waals surface area contributed by atoms with E-state index in [1.54, 1.807) is 0 Å². The number of aryl methyl sites for hydroxylation is 1. The standard InChI is InChI=1S/C17H26O2/c1-3-4-5-6-7-8-12-19-14-17(18)16-11-9-10-15(2)13-16/h9-11,13H,3-8,12,14H2,1-2H3. The van der Waals surface area contributed by atoms with Gasteiger partial charge in [0.15, 0.2) is 5.78 Å². The Bertz CT molecular complexity index is 371. The fourth-order valence-corrected chi connectivity index (χ4v) is 2.05. The van der Waals surface area contributed by atoms with Crippen molar-refractivity contribution in [3.05, 3.63) is 35.4 Å². The molecule has 106 valence electrons. The molecule has 0 bridgehead atoms. The van der Waals surface area contributed by atoms with E-state index < -0.39 is 0 Å². The minimum Gasteiger partial charge on any atom is -0.373 e. The second-order valence-electron chi connectivity index (χ2n) is 5.11. The van der Waals surface area contributed by atoms with Gasteiger partial charge in [-0.05, 0) is 19.4 Å². The van der Waals surface area contributed by atoms with Crippen molar-refractivity contribution in [1.82, 2.24) is 0 Å². The summed E-state index contributed by atoms with van der Waals surface area (Å²) < 4.78 is 5.45. The van der Waals surface area contributed by atoms with Crippen LogP contribution < -0.4 is 0 Å². The first-order valence-electron chi connectivity index (χ1n) is 7.41. The predicted molar refractivity (Wildman–Crippen MR) is 79.7 cm³/mol. The molecule has 0 atom stereocenters. The van der Waals surface area contributed by atoms with Gasteiger partial charge in [-0.15, -0.1) is 0 Å². The summed E-state index contributed by atoms with van der Waals surface area (Å²) >= 11 is 0. The number of ether oxygens (including phenoxy) is 1. The van der Waals surface area contributed by atoms with E-state index in [1.165, 1.54) is 32.1 Å². The van der Waals surface area contributed by atoms with Crippen LogP contribution in [-0.4, -0.2) is 19.0 Å². The molecular formula is C17H26O2. The van der Waals surface area contributed by atoms with Crippen LogP contribution in [0.5, 0.6) is 0 Å². The van der Waals surface area contributed by atoms with Crippen molar-refractivity contribution in [2.75, 3.05) is 13.2 Å². The molecule has 0 aliphatic carbocycles. The third-order valence-electron chi connectivity index (χ3n) is 3.22. The molecule has 19 heavy (non-hydrogen) atoms. The number of carbonyl (C=O) groups is 1. The Morgan fingerprint density at radius 1 is 1.11 bits per heavy atom. The van der Waals surface area contributed by atoms with Crippen LogP contribution in [0.2, 0.25) is 0 Å². The molecular weight excluding hydrogens is 236 g/mol. The van der Waals surface area contributed by atoms with Gasteiger partial charge in [-0.1, -0.05) is 62.8 Å². The van der Waals surface area contributed by atoms with Crippen molar-refractivity contribution >= 4 is 5.78 Å². The fraction of sp³-hybridized carbons (Fsp3) is 0.588. The third-order valence-corrected chi connectivity index (χ3v) is 3.22. The number of carbonyl (C=O) groups excluding carboxylic acids is 1. The number of rotatable bonds is 10. The summed E-state index contributed by atoms with van der Waals surface area (Å²) in [5.74, 6) is 0.0784. The fourth-order valence-electron chi connectivity index (χ4n) is 2.05. The van der Waals surface area contributed by atoms with Crippen molar-refractivity contribution in [2.24, 2.45) is 0 Å². The molecule has 0 saturated carbocycles. The van der Waals surface area contributed by atoms with Gasteiger partial charge in [-0.3, -0.25) is 4.79 Å². The molecule has 0 aliphatic heterocycles. The molecule has 0 fully saturated rings. The Balaban J connectivity index is 2.08. The summed E-state index contributed by atoms with van der Waals surface area (Å²) in [6.07, 6.45) is 7.47. The monoisotopic (exact) mass is 262 g/mol. The molecule has 1 aromatic rings. The minimum atomic E-state index is 0.0784. The van der Waals surface area contributed by atoms with Crippen LogP contribution >= 0.6 is 0 Å². The molecule has 0 unspecified atom stereocenters. The normalized spacial score (nSPS) is 10.6. The molecule has 0 spiro atoms. The SMILES string of the molecule is CCCCCCCCOCC(=O)c1cccc(C)c1. The lowest BCUT2D eigenvalue weighted by atomic mass is 10.1. The van der Waals surface area contributed by atoms with Crippen molar-refractivity contribution in [1.29, 1.82) is 0 Å². The van der Waals surface area contributed by atoms with E-state index in [0.29, 0.717) is 6.61 Å². The van der Waals surface area contributed by atoms with Gasteiger partial charge in [0.2, 0.25) is 0 Å². The quantitative estimate of drug-likeness (QED) is 0.456. The Kier molecular flexibility index (Phi) is 8.15. The maximum Gasteiger partial charge on any atom is 0.188 e. The summed E-state index contributed by atoms with van der Waals surface area (Å²) in [7, 11) is 0. The smallest absolute Gasteiger partial charge is 0.188 e. The van der Waals surface area contributed by atoms with Crippen molar-refractivity contribution < 1.29 is 9.53 Å². The highest BCUT2D eigenvalue weighted by Gasteiger charge is 2.05. The summed E-state index contributed by atoms with van der Waals surface area (Å²) in [4.78, 5) is 11.8. The van der Waals surface area contributed by atoms with Crippen LogP contribution in [0.25, 0.3) is 0 Å².